The summed E-state index contributed by atoms with van der Waals surface area (Å²) in [6, 6.07) is 7.34. The van der Waals surface area contributed by atoms with Gasteiger partial charge in [0.2, 0.25) is 0 Å². The number of nitriles is 1. The molecule has 0 aliphatic heterocycles. The van der Waals surface area contributed by atoms with Gasteiger partial charge in [-0.3, -0.25) is 0 Å². The van der Waals surface area contributed by atoms with Gasteiger partial charge in [-0.1, -0.05) is 6.07 Å². The van der Waals surface area contributed by atoms with Crippen molar-refractivity contribution in [1.82, 2.24) is 9.55 Å². The molecule has 1 heterocycles. The zero-order valence-electron chi connectivity index (χ0n) is 11.2. The molecule has 2 aromatic rings. The topological polar surface area (TPSA) is 78.9 Å². The molecule has 5 nitrogen and oxygen atoms in total. The molecule has 0 spiro atoms. The number of aliphatic carboxylic acids is 1. The first kappa shape index (κ1) is 13.6. The molecule has 0 fully saturated rings. The van der Waals surface area contributed by atoms with Crippen LogP contribution in [0, 0.1) is 25.2 Å². The zero-order valence-corrected chi connectivity index (χ0v) is 11.2. The third-order valence-corrected chi connectivity index (χ3v) is 3.07. The van der Waals surface area contributed by atoms with Crippen LogP contribution in [0.1, 0.15) is 22.5 Å². The summed E-state index contributed by atoms with van der Waals surface area (Å²) in [6.45, 7) is 3.84. The van der Waals surface area contributed by atoms with E-state index < -0.39 is 5.97 Å². The Morgan fingerprint density at radius 1 is 1.45 bits per heavy atom. The van der Waals surface area contributed by atoms with Crippen LogP contribution in [-0.2, 0) is 4.79 Å². The van der Waals surface area contributed by atoms with E-state index in [2.05, 4.69) is 11.1 Å². The van der Waals surface area contributed by atoms with Crippen molar-refractivity contribution < 1.29 is 9.90 Å². The highest BCUT2D eigenvalue weighted by molar-refractivity contribution is 5.85. The predicted molar refractivity (Wildman–Crippen MR) is 74.4 cm³/mol. The minimum atomic E-state index is -1.02. The maximum atomic E-state index is 10.5. The number of nitrogens with zero attached hydrogens (tertiary/aromatic N) is 3. The summed E-state index contributed by atoms with van der Waals surface area (Å²) in [5.74, 6) is -1.02. The number of carboxylic acid groups (broad SMARTS) is 1. The largest absolute Gasteiger partial charge is 0.478 e. The van der Waals surface area contributed by atoms with E-state index in [-0.39, 0.29) is 0 Å². The van der Waals surface area contributed by atoms with Crippen molar-refractivity contribution in [2.75, 3.05) is 0 Å². The summed E-state index contributed by atoms with van der Waals surface area (Å²) in [5, 5.41) is 17.9. The number of carboxylic acids is 1. The molecule has 0 radical (unpaired) electrons. The van der Waals surface area contributed by atoms with Crippen molar-refractivity contribution in [3.8, 4) is 11.8 Å². The number of hydrogen-bond acceptors (Lipinski definition) is 3. The van der Waals surface area contributed by atoms with Crippen LogP contribution in [-0.4, -0.2) is 20.6 Å². The van der Waals surface area contributed by atoms with Crippen LogP contribution in [0.25, 0.3) is 11.8 Å². The van der Waals surface area contributed by atoms with Crippen LogP contribution in [0.4, 0.5) is 0 Å². The second-order valence-corrected chi connectivity index (χ2v) is 4.35. The average molecular weight is 267 g/mol. The van der Waals surface area contributed by atoms with E-state index in [9.17, 15) is 10.1 Å². The van der Waals surface area contributed by atoms with Crippen molar-refractivity contribution >= 4 is 12.0 Å². The fourth-order valence-electron chi connectivity index (χ4n) is 1.87. The van der Waals surface area contributed by atoms with Gasteiger partial charge in [0.05, 0.1) is 23.3 Å². The lowest BCUT2D eigenvalue weighted by Crippen LogP contribution is -1.99. The van der Waals surface area contributed by atoms with Crippen LogP contribution < -0.4 is 0 Å². The highest BCUT2D eigenvalue weighted by atomic mass is 16.4. The number of imidazole rings is 1. The molecular weight excluding hydrogens is 254 g/mol. The zero-order chi connectivity index (χ0) is 14.7. The summed E-state index contributed by atoms with van der Waals surface area (Å²) in [6.07, 6.45) is 4.18. The molecule has 0 saturated heterocycles. The van der Waals surface area contributed by atoms with Crippen LogP contribution in [0.5, 0.6) is 0 Å². The van der Waals surface area contributed by atoms with Gasteiger partial charge in [0, 0.05) is 11.8 Å². The molecule has 100 valence electrons. The maximum absolute atomic E-state index is 10.5. The molecule has 0 aliphatic rings. The molecule has 0 atom stereocenters. The van der Waals surface area contributed by atoms with E-state index in [1.165, 1.54) is 6.08 Å². The van der Waals surface area contributed by atoms with Gasteiger partial charge >= 0.3 is 5.97 Å². The summed E-state index contributed by atoms with van der Waals surface area (Å²) < 4.78 is 1.85. The Morgan fingerprint density at radius 2 is 2.20 bits per heavy atom. The third-order valence-electron chi connectivity index (χ3n) is 3.07. The molecule has 0 saturated carbocycles. The Kier molecular flexibility index (Phi) is 3.67. The number of rotatable bonds is 3. The van der Waals surface area contributed by atoms with Gasteiger partial charge in [0.1, 0.15) is 6.07 Å². The Bertz CT molecular complexity index is 736. The molecule has 0 aliphatic carbocycles. The SMILES string of the molecule is Cc1ncn(-c2ccc(/C=C/C(=O)O)cc2C#N)c1C. The van der Waals surface area contributed by atoms with Gasteiger partial charge in [0.15, 0.2) is 0 Å². The van der Waals surface area contributed by atoms with Gasteiger partial charge < -0.3 is 9.67 Å². The summed E-state index contributed by atoms with van der Waals surface area (Å²) in [4.78, 5) is 14.7. The molecule has 1 aromatic heterocycles. The van der Waals surface area contributed by atoms with E-state index in [1.807, 2.05) is 18.4 Å². The minimum absolute atomic E-state index is 0.470. The Hall–Kier alpha value is -2.87. The number of benzene rings is 1. The Balaban J connectivity index is 2.49. The molecule has 1 aromatic carbocycles. The summed E-state index contributed by atoms with van der Waals surface area (Å²) >= 11 is 0. The molecule has 0 amide bonds. The van der Waals surface area contributed by atoms with Crippen molar-refractivity contribution in [2.24, 2.45) is 0 Å². The first-order valence-corrected chi connectivity index (χ1v) is 5.99. The lowest BCUT2D eigenvalue weighted by molar-refractivity contribution is -0.131. The highest BCUT2D eigenvalue weighted by Crippen LogP contribution is 2.20. The first-order chi connectivity index (χ1) is 9.52. The van der Waals surface area contributed by atoms with Gasteiger partial charge in [-0.2, -0.15) is 5.26 Å². The molecule has 20 heavy (non-hydrogen) atoms. The monoisotopic (exact) mass is 267 g/mol. The standard InChI is InChI=1S/C15H13N3O2/c1-10-11(2)18(9-17-10)14-5-3-12(4-6-15(19)20)7-13(14)8-16/h3-7,9H,1-2H3,(H,19,20)/b6-4+. The summed E-state index contributed by atoms with van der Waals surface area (Å²) in [5.41, 5.74) is 3.75. The first-order valence-electron chi connectivity index (χ1n) is 5.99. The fraction of sp³-hybridized carbons (Fsp3) is 0.133. The summed E-state index contributed by atoms with van der Waals surface area (Å²) in [7, 11) is 0. The van der Waals surface area contributed by atoms with E-state index in [0.717, 1.165) is 23.2 Å². The van der Waals surface area contributed by atoms with Crippen molar-refractivity contribution in [1.29, 1.82) is 5.26 Å². The molecule has 2 rings (SSSR count). The van der Waals surface area contributed by atoms with Crippen LogP contribution in [0.15, 0.2) is 30.6 Å². The molecular formula is C15H13N3O2. The van der Waals surface area contributed by atoms with Crippen LogP contribution in [0.2, 0.25) is 0 Å². The number of aromatic nitrogens is 2. The normalized spacial score (nSPS) is 10.7. The fourth-order valence-corrected chi connectivity index (χ4v) is 1.87. The third kappa shape index (κ3) is 2.59. The molecule has 0 unspecified atom stereocenters. The maximum Gasteiger partial charge on any atom is 0.328 e. The lowest BCUT2D eigenvalue weighted by Gasteiger charge is -2.08. The van der Waals surface area contributed by atoms with Gasteiger partial charge in [0.25, 0.3) is 0 Å². The average Bonchev–Trinajstić information content (AvgIpc) is 2.76. The van der Waals surface area contributed by atoms with Gasteiger partial charge in [-0.05, 0) is 37.6 Å². The van der Waals surface area contributed by atoms with Gasteiger partial charge in [-0.25, -0.2) is 9.78 Å². The molecule has 0 bridgehead atoms. The highest BCUT2D eigenvalue weighted by Gasteiger charge is 2.09. The predicted octanol–water partition coefficient (Wildman–Crippen LogP) is 2.46. The molecule has 1 N–H and O–H groups in total. The Morgan fingerprint density at radius 3 is 2.75 bits per heavy atom. The quantitative estimate of drug-likeness (QED) is 0.866. The number of carbonyl (C=O) groups is 1. The second-order valence-electron chi connectivity index (χ2n) is 4.35. The van der Waals surface area contributed by atoms with E-state index in [1.54, 1.807) is 24.5 Å². The number of aryl methyl sites for hydroxylation is 1. The van der Waals surface area contributed by atoms with Crippen LogP contribution >= 0.6 is 0 Å². The van der Waals surface area contributed by atoms with Gasteiger partial charge in [-0.15, -0.1) is 0 Å². The van der Waals surface area contributed by atoms with Crippen molar-refractivity contribution in [2.45, 2.75) is 13.8 Å². The van der Waals surface area contributed by atoms with Crippen LogP contribution in [0.3, 0.4) is 0 Å². The molecule has 5 heteroatoms. The second kappa shape index (κ2) is 5.41. The van der Waals surface area contributed by atoms with Crippen molar-refractivity contribution in [3.05, 3.63) is 53.1 Å². The van der Waals surface area contributed by atoms with E-state index >= 15 is 0 Å². The number of hydrogen-bond donors (Lipinski definition) is 1. The van der Waals surface area contributed by atoms with E-state index in [4.69, 9.17) is 5.11 Å². The van der Waals surface area contributed by atoms with E-state index in [0.29, 0.717) is 11.1 Å². The minimum Gasteiger partial charge on any atom is -0.478 e. The lowest BCUT2D eigenvalue weighted by atomic mass is 10.1. The van der Waals surface area contributed by atoms with Crippen molar-refractivity contribution in [3.63, 3.8) is 0 Å². The smallest absolute Gasteiger partial charge is 0.328 e. The Labute approximate surface area is 116 Å².